The normalized spacial score (nSPS) is 10.4. The fraction of sp³-hybridized carbons (Fsp3) is 0.417. The summed E-state index contributed by atoms with van der Waals surface area (Å²) in [5, 5.41) is 3.30. The number of hydrogen-bond donors (Lipinski definition) is 3. The van der Waals surface area contributed by atoms with Crippen molar-refractivity contribution >= 4 is 5.91 Å². The SMILES string of the molecule is Cc1cc(C(N)=O)ccc1CNCCCN. The van der Waals surface area contributed by atoms with Crippen molar-refractivity contribution in [1.82, 2.24) is 5.32 Å². The van der Waals surface area contributed by atoms with E-state index in [0.717, 1.165) is 25.1 Å². The van der Waals surface area contributed by atoms with Gasteiger partial charge in [0.15, 0.2) is 0 Å². The molecule has 4 nitrogen and oxygen atoms in total. The average molecular weight is 221 g/mol. The highest BCUT2D eigenvalue weighted by molar-refractivity contribution is 5.93. The molecule has 0 fully saturated rings. The second-order valence-corrected chi connectivity index (χ2v) is 3.82. The maximum absolute atomic E-state index is 11.0. The third-order valence-corrected chi connectivity index (χ3v) is 2.50. The van der Waals surface area contributed by atoms with Gasteiger partial charge in [-0.3, -0.25) is 4.79 Å². The van der Waals surface area contributed by atoms with Gasteiger partial charge in [0.2, 0.25) is 5.91 Å². The first-order valence-corrected chi connectivity index (χ1v) is 5.45. The summed E-state index contributed by atoms with van der Waals surface area (Å²) in [6.07, 6.45) is 0.971. The summed E-state index contributed by atoms with van der Waals surface area (Å²) in [5.41, 5.74) is 13.4. The standard InChI is InChI=1S/C12H19N3O/c1-9-7-10(12(14)16)3-4-11(9)8-15-6-2-5-13/h3-4,7,15H,2,5-6,8,13H2,1H3,(H2,14,16). The van der Waals surface area contributed by atoms with E-state index in [9.17, 15) is 4.79 Å². The highest BCUT2D eigenvalue weighted by atomic mass is 16.1. The molecule has 16 heavy (non-hydrogen) atoms. The van der Waals surface area contributed by atoms with Crippen LogP contribution >= 0.6 is 0 Å². The van der Waals surface area contributed by atoms with Crippen LogP contribution in [-0.2, 0) is 6.54 Å². The number of hydrogen-bond acceptors (Lipinski definition) is 3. The molecular formula is C12H19N3O. The quantitative estimate of drug-likeness (QED) is 0.613. The lowest BCUT2D eigenvalue weighted by Gasteiger charge is -2.08. The van der Waals surface area contributed by atoms with Gasteiger partial charge < -0.3 is 16.8 Å². The number of nitrogens with one attached hydrogen (secondary N) is 1. The lowest BCUT2D eigenvalue weighted by atomic mass is 10.0. The van der Waals surface area contributed by atoms with Gasteiger partial charge in [0.05, 0.1) is 0 Å². The van der Waals surface area contributed by atoms with E-state index in [0.29, 0.717) is 12.1 Å². The molecule has 0 unspecified atom stereocenters. The Kier molecular flexibility index (Phi) is 4.95. The topological polar surface area (TPSA) is 81.1 Å². The van der Waals surface area contributed by atoms with Crippen LogP contribution in [0, 0.1) is 6.92 Å². The predicted molar refractivity (Wildman–Crippen MR) is 65.1 cm³/mol. The van der Waals surface area contributed by atoms with Crippen LogP contribution < -0.4 is 16.8 Å². The van der Waals surface area contributed by atoms with Crippen LogP contribution in [0.15, 0.2) is 18.2 Å². The van der Waals surface area contributed by atoms with Gasteiger partial charge in [-0.15, -0.1) is 0 Å². The molecule has 0 aliphatic carbocycles. The van der Waals surface area contributed by atoms with E-state index >= 15 is 0 Å². The molecule has 1 rings (SSSR count). The van der Waals surface area contributed by atoms with E-state index in [2.05, 4.69) is 5.32 Å². The third kappa shape index (κ3) is 3.64. The van der Waals surface area contributed by atoms with E-state index < -0.39 is 0 Å². The minimum atomic E-state index is -0.384. The zero-order chi connectivity index (χ0) is 12.0. The number of amides is 1. The van der Waals surface area contributed by atoms with Gasteiger partial charge in [-0.1, -0.05) is 6.07 Å². The second-order valence-electron chi connectivity index (χ2n) is 3.82. The fourth-order valence-electron chi connectivity index (χ4n) is 1.50. The first-order valence-electron chi connectivity index (χ1n) is 5.45. The smallest absolute Gasteiger partial charge is 0.248 e. The van der Waals surface area contributed by atoms with Crippen molar-refractivity contribution in [1.29, 1.82) is 0 Å². The Morgan fingerprint density at radius 1 is 1.44 bits per heavy atom. The van der Waals surface area contributed by atoms with Crippen molar-refractivity contribution in [3.8, 4) is 0 Å². The molecule has 4 heteroatoms. The summed E-state index contributed by atoms with van der Waals surface area (Å²) in [5.74, 6) is -0.384. The van der Waals surface area contributed by atoms with Crippen LogP contribution in [0.25, 0.3) is 0 Å². The molecule has 0 aliphatic heterocycles. The number of primary amides is 1. The Morgan fingerprint density at radius 3 is 2.75 bits per heavy atom. The van der Waals surface area contributed by atoms with Crippen molar-refractivity contribution in [2.45, 2.75) is 19.9 Å². The molecule has 1 aromatic rings. The first-order chi connectivity index (χ1) is 7.65. The maximum atomic E-state index is 11.0. The molecule has 0 bridgehead atoms. The van der Waals surface area contributed by atoms with E-state index in [4.69, 9.17) is 11.5 Å². The Hall–Kier alpha value is -1.39. The van der Waals surface area contributed by atoms with E-state index in [1.807, 2.05) is 19.1 Å². The van der Waals surface area contributed by atoms with Crippen molar-refractivity contribution in [2.24, 2.45) is 11.5 Å². The van der Waals surface area contributed by atoms with Gasteiger partial charge in [-0.2, -0.15) is 0 Å². The Labute approximate surface area is 96.0 Å². The highest BCUT2D eigenvalue weighted by Crippen LogP contribution is 2.10. The lowest BCUT2D eigenvalue weighted by Crippen LogP contribution is -2.18. The van der Waals surface area contributed by atoms with Gasteiger partial charge in [0.25, 0.3) is 0 Å². The summed E-state index contributed by atoms with van der Waals surface area (Å²) < 4.78 is 0. The Morgan fingerprint density at radius 2 is 2.19 bits per heavy atom. The number of carbonyl (C=O) groups is 1. The molecule has 0 aromatic heterocycles. The molecule has 0 radical (unpaired) electrons. The number of rotatable bonds is 6. The van der Waals surface area contributed by atoms with E-state index in [1.54, 1.807) is 6.07 Å². The van der Waals surface area contributed by atoms with Gasteiger partial charge in [0, 0.05) is 12.1 Å². The molecule has 1 amide bonds. The van der Waals surface area contributed by atoms with Crippen LogP contribution in [0.1, 0.15) is 27.9 Å². The molecule has 0 saturated carbocycles. The Balaban J connectivity index is 2.57. The molecule has 1 aromatic carbocycles. The van der Waals surface area contributed by atoms with Crippen LogP contribution in [0.4, 0.5) is 0 Å². The number of aryl methyl sites for hydroxylation is 1. The van der Waals surface area contributed by atoms with E-state index in [1.165, 1.54) is 5.56 Å². The molecule has 0 atom stereocenters. The summed E-state index contributed by atoms with van der Waals surface area (Å²) in [7, 11) is 0. The first kappa shape index (κ1) is 12.7. The van der Waals surface area contributed by atoms with Gasteiger partial charge in [0.1, 0.15) is 0 Å². The van der Waals surface area contributed by atoms with Crippen molar-refractivity contribution in [2.75, 3.05) is 13.1 Å². The molecule has 0 saturated heterocycles. The largest absolute Gasteiger partial charge is 0.366 e. The predicted octanol–water partition coefficient (Wildman–Crippen LogP) is 0.532. The Bertz CT molecular complexity index is 363. The fourth-order valence-corrected chi connectivity index (χ4v) is 1.50. The average Bonchev–Trinajstić information content (AvgIpc) is 2.26. The highest BCUT2D eigenvalue weighted by Gasteiger charge is 2.03. The van der Waals surface area contributed by atoms with Crippen molar-refractivity contribution < 1.29 is 4.79 Å². The summed E-state index contributed by atoms with van der Waals surface area (Å²) in [6, 6.07) is 5.52. The summed E-state index contributed by atoms with van der Waals surface area (Å²) >= 11 is 0. The lowest BCUT2D eigenvalue weighted by molar-refractivity contribution is 0.1000. The second kappa shape index (κ2) is 6.25. The molecule has 0 heterocycles. The maximum Gasteiger partial charge on any atom is 0.248 e. The van der Waals surface area contributed by atoms with Crippen molar-refractivity contribution in [3.63, 3.8) is 0 Å². The number of benzene rings is 1. The van der Waals surface area contributed by atoms with Gasteiger partial charge in [-0.25, -0.2) is 0 Å². The molecular weight excluding hydrogens is 202 g/mol. The molecule has 88 valence electrons. The van der Waals surface area contributed by atoms with Gasteiger partial charge in [-0.05, 0) is 49.7 Å². The zero-order valence-electron chi connectivity index (χ0n) is 9.62. The number of nitrogens with two attached hydrogens (primary N) is 2. The molecule has 5 N–H and O–H groups in total. The summed E-state index contributed by atoms with van der Waals surface area (Å²) in [4.78, 5) is 11.0. The van der Waals surface area contributed by atoms with Crippen LogP contribution in [0.2, 0.25) is 0 Å². The monoisotopic (exact) mass is 221 g/mol. The molecule has 0 aliphatic rings. The summed E-state index contributed by atoms with van der Waals surface area (Å²) in [6.45, 7) is 4.39. The zero-order valence-corrected chi connectivity index (χ0v) is 9.62. The van der Waals surface area contributed by atoms with Crippen LogP contribution in [0.5, 0.6) is 0 Å². The minimum Gasteiger partial charge on any atom is -0.366 e. The van der Waals surface area contributed by atoms with Crippen LogP contribution in [-0.4, -0.2) is 19.0 Å². The van der Waals surface area contributed by atoms with Gasteiger partial charge >= 0.3 is 0 Å². The molecule has 0 spiro atoms. The van der Waals surface area contributed by atoms with Crippen molar-refractivity contribution in [3.05, 3.63) is 34.9 Å². The van der Waals surface area contributed by atoms with Crippen LogP contribution in [0.3, 0.4) is 0 Å². The van der Waals surface area contributed by atoms with E-state index in [-0.39, 0.29) is 5.91 Å². The minimum absolute atomic E-state index is 0.384. The third-order valence-electron chi connectivity index (χ3n) is 2.50. The number of carbonyl (C=O) groups excluding carboxylic acids is 1.